The molecular weight excluding hydrogens is 368 g/mol. The molecule has 2 rings (SSSR count). The van der Waals surface area contributed by atoms with E-state index in [1.165, 1.54) is 0 Å². The lowest BCUT2D eigenvalue weighted by Gasteiger charge is -2.19. The second-order valence-electron chi connectivity index (χ2n) is 6.19. The fourth-order valence-electron chi connectivity index (χ4n) is 2.44. The van der Waals surface area contributed by atoms with Crippen LogP contribution in [0.5, 0.6) is 11.5 Å². The van der Waals surface area contributed by atoms with E-state index in [4.69, 9.17) is 16.3 Å². The zero-order valence-electron chi connectivity index (χ0n) is 15.2. The number of para-hydroxylation sites is 1. The van der Waals surface area contributed by atoms with Gasteiger partial charge in [-0.05, 0) is 42.3 Å². The summed E-state index contributed by atoms with van der Waals surface area (Å²) in [6.45, 7) is 3.66. The topological polar surface area (TPSA) is 87.7 Å². The Morgan fingerprint density at radius 1 is 1.15 bits per heavy atom. The maximum Gasteiger partial charge on any atom is 0.320 e. The van der Waals surface area contributed by atoms with E-state index in [-0.39, 0.29) is 18.4 Å². The van der Waals surface area contributed by atoms with Crippen molar-refractivity contribution >= 4 is 29.2 Å². The normalized spacial score (nSPS) is 12.9. The number of carbonyl (C=O) groups is 2. The molecule has 144 valence electrons. The van der Waals surface area contributed by atoms with Crippen LogP contribution in [0.15, 0.2) is 48.5 Å². The van der Waals surface area contributed by atoms with Crippen LogP contribution in [0.4, 0.5) is 5.69 Å². The molecule has 2 aromatic carbocycles. The van der Waals surface area contributed by atoms with Gasteiger partial charge in [0.2, 0.25) is 5.91 Å². The van der Waals surface area contributed by atoms with E-state index >= 15 is 0 Å². The van der Waals surface area contributed by atoms with Crippen LogP contribution in [-0.4, -0.2) is 29.6 Å². The van der Waals surface area contributed by atoms with Crippen molar-refractivity contribution in [3.63, 3.8) is 0 Å². The van der Waals surface area contributed by atoms with Crippen molar-refractivity contribution < 1.29 is 19.4 Å². The van der Waals surface area contributed by atoms with Crippen LogP contribution in [0.3, 0.4) is 0 Å². The molecule has 0 heterocycles. The minimum Gasteiger partial charge on any atom is -0.480 e. The smallest absolute Gasteiger partial charge is 0.320 e. The molecule has 2 atom stereocenters. The third kappa shape index (κ3) is 6.27. The molecule has 0 saturated heterocycles. The highest BCUT2D eigenvalue weighted by Gasteiger charge is 2.23. The lowest BCUT2D eigenvalue weighted by atomic mass is 9.99. The lowest BCUT2D eigenvalue weighted by Crippen LogP contribution is -2.45. The number of halogens is 1. The molecule has 0 fully saturated rings. The first-order chi connectivity index (χ1) is 12.9. The molecule has 0 saturated carbocycles. The number of ether oxygens (including phenoxy) is 1. The van der Waals surface area contributed by atoms with Gasteiger partial charge in [0.05, 0.1) is 11.6 Å². The SMILES string of the molecule is CC[C@H](C)[C@H](NCC(=O)Nc1ccc(Oc2ccccc2Cl)cc1)C(=O)O. The molecule has 0 bridgehead atoms. The number of benzene rings is 2. The van der Waals surface area contributed by atoms with Gasteiger partial charge < -0.3 is 15.2 Å². The van der Waals surface area contributed by atoms with E-state index in [1.807, 2.05) is 26.0 Å². The largest absolute Gasteiger partial charge is 0.480 e. The van der Waals surface area contributed by atoms with Gasteiger partial charge in [-0.15, -0.1) is 0 Å². The summed E-state index contributed by atoms with van der Waals surface area (Å²) < 4.78 is 5.69. The molecule has 6 nitrogen and oxygen atoms in total. The molecule has 3 N–H and O–H groups in total. The monoisotopic (exact) mass is 390 g/mol. The molecule has 27 heavy (non-hydrogen) atoms. The Hall–Kier alpha value is -2.57. The third-order valence-corrected chi connectivity index (χ3v) is 4.48. The van der Waals surface area contributed by atoms with Crippen LogP contribution in [0.25, 0.3) is 0 Å². The first-order valence-electron chi connectivity index (χ1n) is 8.69. The van der Waals surface area contributed by atoms with E-state index in [0.717, 1.165) is 0 Å². The van der Waals surface area contributed by atoms with E-state index in [0.29, 0.717) is 28.6 Å². The molecule has 0 aliphatic carbocycles. The molecule has 2 aromatic rings. The molecular formula is C20H23ClN2O4. The Balaban J connectivity index is 1.89. The number of hydrogen-bond donors (Lipinski definition) is 3. The Bertz CT molecular complexity index is 780. The van der Waals surface area contributed by atoms with Crippen molar-refractivity contribution in [2.45, 2.75) is 26.3 Å². The number of anilines is 1. The highest BCUT2D eigenvalue weighted by atomic mass is 35.5. The first kappa shape index (κ1) is 20.7. The summed E-state index contributed by atoms with van der Waals surface area (Å²) >= 11 is 6.06. The summed E-state index contributed by atoms with van der Waals surface area (Å²) in [7, 11) is 0. The summed E-state index contributed by atoms with van der Waals surface area (Å²) in [6, 6.07) is 13.2. The molecule has 7 heteroatoms. The highest BCUT2D eigenvalue weighted by molar-refractivity contribution is 6.32. The van der Waals surface area contributed by atoms with Crippen molar-refractivity contribution in [3.8, 4) is 11.5 Å². The maximum absolute atomic E-state index is 12.1. The predicted octanol–water partition coefficient (Wildman–Crippen LogP) is 4.16. The van der Waals surface area contributed by atoms with E-state index < -0.39 is 12.0 Å². The molecule has 0 aliphatic rings. The number of nitrogens with one attached hydrogen (secondary N) is 2. The molecule has 0 aromatic heterocycles. The van der Waals surface area contributed by atoms with Crippen LogP contribution in [0, 0.1) is 5.92 Å². The summed E-state index contributed by atoms with van der Waals surface area (Å²) in [5.41, 5.74) is 0.587. The number of amides is 1. The van der Waals surface area contributed by atoms with Crippen LogP contribution in [0.1, 0.15) is 20.3 Å². The average molecular weight is 391 g/mol. The predicted molar refractivity (Wildman–Crippen MR) is 105 cm³/mol. The van der Waals surface area contributed by atoms with Gasteiger partial charge in [0.1, 0.15) is 17.5 Å². The Labute approximate surface area is 163 Å². The number of aliphatic carboxylic acids is 1. The van der Waals surface area contributed by atoms with Crippen LogP contribution in [0.2, 0.25) is 5.02 Å². The van der Waals surface area contributed by atoms with Crippen molar-refractivity contribution in [1.82, 2.24) is 5.32 Å². The third-order valence-electron chi connectivity index (χ3n) is 4.16. The van der Waals surface area contributed by atoms with Gasteiger partial charge in [-0.3, -0.25) is 14.9 Å². The fourth-order valence-corrected chi connectivity index (χ4v) is 2.61. The number of carboxylic acids is 1. The van der Waals surface area contributed by atoms with Gasteiger partial charge in [0.25, 0.3) is 0 Å². The van der Waals surface area contributed by atoms with Crippen LogP contribution in [-0.2, 0) is 9.59 Å². The van der Waals surface area contributed by atoms with E-state index in [2.05, 4.69) is 10.6 Å². The zero-order chi connectivity index (χ0) is 19.8. The minimum absolute atomic E-state index is 0.0726. The molecule has 1 amide bonds. The van der Waals surface area contributed by atoms with Gasteiger partial charge in [0.15, 0.2) is 0 Å². The molecule has 0 unspecified atom stereocenters. The second-order valence-corrected chi connectivity index (χ2v) is 6.59. The van der Waals surface area contributed by atoms with Crippen molar-refractivity contribution in [2.75, 3.05) is 11.9 Å². The Morgan fingerprint density at radius 2 is 1.81 bits per heavy atom. The first-order valence-corrected chi connectivity index (χ1v) is 9.07. The standard InChI is InChI=1S/C20H23ClN2O4/c1-3-13(2)19(20(25)26)22-12-18(24)23-14-8-10-15(11-9-14)27-17-7-5-4-6-16(17)21/h4-11,13,19,22H,3,12H2,1-2H3,(H,23,24)(H,25,26)/t13-,19-/m0/s1. The van der Waals surface area contributed by atoms with Gasteiger partial charge >= 0.3 is 5.97 Å². The number of rotatable bonds is 9. The summed E-state index contributed by atoms with van der Waals surface area (Å²) in [5.74, 6) is -0.217. The molecule has 0 radical (unpaired) electrons. The van der Waals surface area contributed by atoms with E-state index in [1.54, 1.807) is 36.4 Å². The quantitative estimate of drug-likeness (QED) is 0.598. The highest BCUT2D eigenvalue weighted by Crippen LogP contribution is 2.29. The Kier molecular flexibility index (Phi) is 7.64. The van der Waals surface area contributed by atoms with Gasteiger partial charge in [-0.25, -0.2) is 0 Å². The summed E-state index contributed by atoms with van der Waals surface area (Å²) in [5, 5.41) is 15.2. The van der Waals surface area contributed by atoms with Crippen LogP contribution < -0.4 is 15.4 Å². The number of hydrogen-bond acceptors (Lipinski definition) is 4. The van der Waals surface area contributed by atoms with Gasteiger partial charge in [-0.2, -0.15) is 0 Å². The second kappa shape index (κ2) is 9.94. The Morgan fingerprint density at radius 3 is 2.41 bits per heavy atom. The summed E-state index contributed by atoms with van der Waals surface area (Å²) in [6.07, 6.45) is 0.707. The molecule has 0 spiro atoms. The summed E-state index contributed by atoms with van der Waals surface area (Å²) in [4.78, 5) is 23.3. The van der Waals surface area contributed by atoms with Gasteiger partial charge in [-0.1, -0.05) is 44.0 Å². The number of carboxylic acid groups (broad SMARTS) is 1. The number of carbonyl (C=O) groups excluding carboxylic acids is 1. The lowest BCUT2D eigenvalue weighted by molar-refractivity contribution is -0.140. The van der Waals surface area contributed by atoms with Crippen molar-refractivity contribution in [1.29, 1.82) is 0 Å². The van der Waals surface area contributed by atoms with Crippen molar-refractivity contribution in [3.05, 3.63) is 53.6 Å². The minimum atomic E-state index is -0.960. The van der Waals surface area contributed by atoms with Crippen LogP contribution >= 0.6 is 11.6 Å². The fraction of sp³-hybridized carbons (Fsp3) is 0.300. The molecule has 0 aliphatic heterocycles. The van der Waals surface area contributed by atoms with E-state index in [9.17, 15) is 14.7 Å². The van der Waals surface area contributed by atoms with Gasteiger partial charge in [0, 0.05) is 5.69 Å². The zero-order valence-corrected chi connectivity index (χ0v) is 16.0. The maximum atomic E-state index is 12.1. The van der Waals surface area contributed by atoms with Crippen molar-refractivity contribution in [2.24, 2.45) is 5.92 Å². The average Bonchev–Trinajstić information content (AvgIpc) is 2.64.